The van der Waals surface area contributed by atoms with E-state index in [1.54, 1.807) is 6.20 Å². The Bertz CT molecular complexity index is 366. The van der Waals surface area contributed by atoms with E-state index in [1.165, 1.54) is 0 Å². The number of aromatic nitrogens is 1. The molecule has 0 aromatic carbocycles. The molecule has 4 nitrogen and oxygen atoms in total. The highest BCUT2D eigenvalue weighted by atomic mass is 79.9. The lowest BCUT2D eigenvalue weighted by Crippen LogP contribution is -2.28. The fraction of sp³-hybridized carbons (Fsp3) is 0.400. The van der Waals surface area contributed by atoms with E-state index in [1.807, 2.05) is 12.1 Å². The maximum absolute atomic E-state index is 11.6. The van der Waals surface area contributed by atoms with Gasteiger partial charge >= 0.3 is 0 Å². The average molecular weight is 271 g/mol. The number of rotatable bonds is 2. The van der Waals surface area contributed by atoms with Gasteiger partial charge in [-0.2, -0.15) is 0 Å². The van der Waals surface area contributed by atoms with Crippen LogP contribution in [0.1, 0.15) is 18.0 Å². The first-order chi connectivity index (χ1) is 7.20. The molecular weight excluding hydrogens is 260 g/mol. The van der Waals surface area contributed by atoms with E-state index >= 15 is 0 Å². The smallest absolute Gasteiger partial charge is 0.229 e. The van der Waals surface area contributed by atoms with Crippen LogP contribution in [0, 0.1) is 0 Å². The van der Waals surface area contributed by atoms with Gasteiger partial charge in [0.25, 0.3) is 0 Å². The van der Waals surface area contributed by atoms with Crippen LogP contribution in [0.3, 0.4) is 0 Å². The number of nitrogens with zero attached hydrogens (tertiary/aromatic N) is 1. The van der Waals surface area contributed by atoms with Crippen LogP contribution in [0.15, 0.2) is 22.8 Å². The third kappa shape index (κ3) is 2.18. The summed E-state index contributed by atoms with van der Waals surface area (Å²) in [5.74, 6) is -0.279. The van der Waals surface area contributed by atoms with Crippen molar-refractivity contribution in [3.05, 3.63) is 28.5 Å². The third-order valence-corrected chi connectivity index (χ3v) is 2.98. The Morgan fingerprint density at radius 3 is 2.93 bits per heavy atom. The van der Waals surface area contributed by atoms with Crippen molar-refractivity contribution in [2.24, 2.45) is 0 Å². The van der Waals surface area contributed by atoms with Crippen LogP contribution in [0.5, 0.6) is 0 Å². The largest absolute Gasteiger partial charge is 0.394 e. The molecule has 5 heteroatoms. The lowest BCUT2D eigenvalue weighted by molar-refractivity contribution is -0.120. The number of aliphatic hydroxyl groups excluding tert-OH is 1. The number of halogens is 1. The quantitative estimate of drug-likeness (QED) is 0.836. The second-order valence-electron chi connectivity index (χ2n) is 3.58. The van der Waals surface area contributed by atoms with E-state index in [2.05, 4.69) is 26.2 Å². The minimum absolute atomic E-state index is 0.0151. The Labute approximate surface area is 95.8 Å². The van der Waals surface area contributed by atoms with E-state index in [9.17, 15) is 4.79 Å². The first-order valence-electron chi connectivity index (χ1n) is 4.73. The van der Waals surface area contributed by atoms with Crippen LogP contribution in [0.4, 0.5) is 0 Å². The first kappa shape index (κ1) is 10.6. The van der Waals surface area contributed by atoms with Crippen molar-refractivity contribution in [2.45, 2.75) is 18.4 Å². The molecule has 1 fully saturated rings. The maximum atomic E-state index is 11.6. The van der Waals surface area contributed by atoms with Gasteiger partial charge in [-0.1, -0.05) is 0 Å². The fourth-order valence-corrected chi connectivity index (χ4v) is 1.96. The molecular formula is C10H11BrN2O2. The number of amides is 1. The van der Waals surface area contributed by atoms with Crippen molar-refractivity contribution < 1.29 is 9.90 Å². The van der Waals surface area contributed by atoms with Gasteiger partial charge in [-0.25, -0.2) is 0 Å². The second kappa shape index (κ2) is 4.28. The average Bonchev–Trinajstić information content (AvgIpc) is 2.61. The molecule has 80 valence electrons. The number of nitrogens with one attached hydrogen (secondary N) is 1. The summed E-state index contributed by atoms with van der Waals surface area (Å²) in [7, 11) is 0. The van der Waals surface area contributed by atoms with E-state index < -0.39 is 0 Å². The minimum Gasteiger partial charge on any atom is -0.394 e. The Morgan fingerprint density at radius 2 is 2.40 bits per heavy atom. The molecule has 0 spiro atoms. The molecule has 1 saturated heterocycles. The molecule has 1 aromatic rings. The molecule has 2 rings (SSSR count). The monoisotopic (exact) mass is 270 g/mol. The Hall–Kier alpha value is -0.940. The molecule has 1 aromatic heterocycles. The Kier molecular flexibility index (Phi) is 3.02. The summed E-state index contributed by atoms with van der Waals surface area (Å²) in [5, 5.41) is 11.7. The van der Waals surface area contributed by atoms with E-state index in [0.717, 1.165) is 10.2 Å². The number of carbonyl (C=O) groups is 1. The lowest BCUT2D eigenvalue weighted by Gasteiger charge is -2.05. The summed E-state index contributed by atoms with van der Waals surface area (Å²) in [6.45, 7) is -0.0151. The molecule has 0 radical (unpaired) electrons. The van der Waals surface area contributed by atoms with Gasteiger partial charge in [-0.3, -0.25) is 9.78 Å². The summed E-state index contributed by atoms with van der Waals surface area (Å²) in [5.41, 5.74) is 0.756. The van der Waals surface area contributed by atoms with Gasteiger partial charge in [0.2, 0.25) is 5.91 Å². The summed E-state index contributed by atoms with van der Waals surface area (Å²) in [6, 6.07) is 3.56. The van der Waals surface area contributed by atoms with E-state index in [-0.39, 0.29) is 24.5 Å². The van der Waals surface area contributed by atoms with Gasteiger partial charge in [0.15, 0.2) is 0 Å². The van der Waals surface area contributed by atoms with Gasteiger partial charge in [0.05, 0.1) is 24.3 Å². The molecule has 15 heavy (non-hydrogen) atoms. The number of hydrogen-bond donors (Lipinski definition) is 2. The molecule has 1 aliphatic rings. The van der Waals surface area contributed by atoms with Crippen molar-refractivity contribution in [2.75, 3.05) is 6.61 Å². The van der Waals surface area contributed by atoms with Crippen LogP contribution in [-0.2, 0) is 4.79 Å². The van der Waals surface area contributed by atoms with Crippen molar-refractivity contribution in [3.8, 4) is 0 Å². The van der Waals surface area contributed by atoms with Crippen LogP contribution in [0.25, 0.3) is 0 Å². The van der Waals surface area contributed by atoms with Gasteiger partial charge < -0.3 is 10.4 Å². The Balaban J connectivity index is 2.18. The van der Waals surface area contributed by atoms with Crippen LogP contribution < -0.4 is 5.32 Å². The van der Waals surface area contributed by atoms with Crippen molar-refractivity contribution in [1.29, 1.82) is 0 Å². The summed E-state index contributed by atoms with van der Waals surface area (Å²) in [6.07, 6.45) is 2.29. The van der Waals surface area contributed by atoms with Crippen molar-refractivity contribution in [1.82, 2.24) is 10.3 Å². The predicted molar refractivity (Wildman–Crippen MR) is 58.3 cm³/mol. The predicted octanol–water partition coefficient (Wildman–Crippen LogP) is 0.808. The highest BCUT2D eigenvalue weighted by Gasteiger charge is 2.33. The standard InChI is InChI=1S/C10H11BrN2O2/c11-6-1-2-9(12-4-6)8-3-7(5-14)13-10(8)15/h1-2,4,7-8,14H,3,5H2,(H,13,15)/t7-,8?/m1/s1. The number of hydrogen-bond acceptors (Lipinski definition) is 3. The van der Waals surface area contributed by atoms with Crippen LogP contribution >= 0.6 is 15.9 Å². The summed E-state index contributed by atoms with van der Waals surface area (Å²) >= 11 is 3.29. The molecule has 2 atom stereocenters. The van der Waals surface area contributed by atoms with Gasteiger partial charge in [0.1, 0.15) is 0 Å². The normalized spacial score (nSPS) is 25.3. The zero-order valence-corrected chi connectivity index (χ0v) is 9.57. The topological polar surface area (TPSA) is 62.2 Å². The molecule has 2 heterocycles. The zero-order chi connectivity index (χ0) is 10.8. The highest BCUT2D eigenvalue weighted by Crippen LogP contribution is 2.25. The number of pyridine rings is 1. The molecule has 1 unspecified atom stereocenters. The molecule has 2 N–H and O–H groups in total. The molecule has 1 aliphatic heterocycles. The minimum atomic E-state index is -0.227. The Morgan fingerprint density at radius 1 is 1.60 bits per heavy atom. The van der Waals surface area contributed by atoms with Crippen molar-refractivity contribution >= 4 is 21.8 Å². The van der Waals surface area contributed by atoms with Crippen LogP contribution in [-0.4, -0.2) is 28.6 Å². The second-order valence-corrected chi connectivity index (χ2v) is 4.49. The summed E-state index contributed by atoms with van der Waals surface area (Å²) in [4.78, 5) is 15.7. The highest BCUT2D eigenvalue weighted by molar-refractivity contribution is 9.10. The molecule has 0 saturated carbocycles. The third-order valence-electron chi connectivity index (χ3n) is 2.51. The van der Waals surface area contributed by atoms with Gasteiger partial charge in [0, 0.05) is 10.7 Å². The van der Waals surface area contributed by atoms with Gasteiger partial charge in [-0.15, -0.1) is 0 Å². The summed E-state index contributed by atoms with van der Waals surface area (Å²) < 4.78 is 0.892. The molecule has 1 amide bonds. The fourth-order valence-electron chi connectivity index (χ4n) is 1.72. The lowest BCUT2D eigenvalue weighted by atomic mass is 10.0. The number of aliphatic hydroxyl groups is 1. The van der Waals surface area contributed by atoms with E-state index in [4.69, 9.17) is 5.11 Å². The maximum Gasteiger partial charge on any atom is 0.229 e. The van der Waals surface area contributed by atoms with E-state index in [0.29, 0.717) is 6.42 Å². The van der Waals surface area contributed by atoms with Gasteiger partial charge in [-0.05, 0) is 34.5 Å². The number of carbonyl (C=O) groups excluding carboxylic acids is 1. The van der Waals surface area contributed by atoms with Crippen LogP contribution in [0.2, 0.25) is 0 Å². The van der Waals surface area contributed by atoms with Crippen molar-refractivity contribution in [3.63, 3.8) is 0 Å². The SMILES string of the molecule is O=C1N[C@@H](CO)CC1c1ccc(Br)cn1. The first-order valence-corrected chi connectivity index (χ1v) is 5.52. The molecule has 0 aliphatic carbocycles. The zero-order valence-electron chi connectivity index (χ0n) is 7.98. The molecule has 0 bridgehead atoms.